The second kappa shape index (κ2) is 5.05. The Morgan fingerprint density at radius 1 is 1.60 bits per heavy atom. The zero-order valence-electron chi connectivity index (χ0n) is 9.22. The Labute approximate surface area is 95.3 Å². The molecule has 1 aromatic heterocycles. The van der Waals surface area contributed by atoms with E-state index >= 15 is 0 Å². The normalized spacial score (nSPS) is 28.9. The van der Waals surface area contributed by atoms with Crippen LogP contribution in [0.4, 0.5) is 0 Å². The SMILES string of the molecule is CCN1CCCCC(N)C1c1cscn1. The van der Waals surface area contributed by atoms with Crippen molar-refractivity contribution in [1.82, 2.24) is 9.88 Å². The lowest BCUT2D eigenvalue weighted by molar-refractivity contribution is 0.192. The summed E-state index contributed by atoms with van der Waals surface area (Å²) in [4.78, 5) is 6.89. The Hall–Kier alpha value is -0.450. The molecule has 0 amide bonds. The minimum absolute atomic E-state index is 0.245. The smallest absolute Gasteiger partial charge is 0.0795 e. The first kappa shape index (κ1) is 11.0. The predicted molar refractivity (Wildman–Crippen MR) is 63.9 cm³/mol. The van der Waals surface area contributed by atoms with Crippen LogP contribution in [0.1, 0.15) is 37.9 Å². The largest absolute Gasteiger partial charge is 0.326 e. The van der Waals surface area contributed by atoms with Crippen LogP contribution < -0.4 is 5.73 Å². The molecule has 2 N–H and O–H groups in total. The topological polar surface area (TPSA) is 42.1 Å². The first-order valence-electron chi connectivity index (χ1n) is 5.70. The van der Waals surface area contributed by atoms with Crippen molar-refractivity contribution >= 4 is 11.3 Å². The standard InChI is InChI=1S/C11H19N3S/c1-2-14-6-4-3-5-9(12)11(14)10-7-15-8-13-10/h7-9,11H,2-6,12H2,1H3. The third kappa shape index (κ3) is 2.38. The van der Waals surface area contributed by atoms with Gasteiger partial charge in [0.15, 0.2) is 0 Å². The fourth-order valence-electron chi connectivity index (χ4n) is 2.39. The number of aromatic nitrogens is 1. The van der Waals surface area contributed by atoms with E-state index in [1.54, 1.807) is 11.3 Å². The lowest BCUT2D eigenvalue weighted by Crippen LogP contribution is -2.39. The molecule has 1 fully saturated rings. The van der Waals surface area contributed by atoms with E-state index in [0.717, 1.165) is 25.2 Å². The number of likely N-dealkylation sites (tertiary alicyclic amines) is 1. The lowest BCUT2D eigenvalue weighted by Gasteiger charge is -2.31. The van der Waals surface area contributed by atoms with Crippen LogP contribution in [-0.4, -0.2) is 29.0 Å². The Morgan fingerprint density at radius 2 is 2.47 bits per heavy atom. The van der Waals surface area contributed by atoms with Crippen LogP contribution in [-0.2, 0) is 0 Å². The van der Waals surface area contributed by atoms with Gasteiger partial charge in [0.25, 0.3) is 0 Å². The van der Waals surface area contributed by atoms with Crippen molar-refractivity contribution in [1.29, 1.82) is 0 Å². The maximum absolute atomic E-state index is 6.26. The maximum Gasteiger partial charge on any atom is 0.0795 e. The van der Waals surface area contributed by atoms with Gasteiger partial charge in [-0.2, -0.15) is 0 Å². The Morgan fingerprint density at radius 3 is 3.13 bits per heavy atom. The molecular formula is C11H19N3S. The monoisotopic (exact) mass is 225 g/mol. The van der Waals surface area contributed by atoms with Gasteiger partial charge in [-0.15, -0.1) is 11.3 Å². The molecule has 1 aromatic rings. The van der Waals surface area contributed by atoms with Gasteiger partial charge in [0, 0.05) is 11.4 Å². The number of rotatable bonds is 2. The number of nitrogens with two attached hydrogens (primary N) is 1. The molecule has 0 radical (unpaired) electrons. The molecule has 15 heavy (non-hydrogen) atoms. The van der Waals surface area contributed by atoms with Gasteiger partial charge in [0.05, 0.1) is 17.2 Å². The van der Waals surface area contributed by atoms with Crippen molar-refractivity contribution < 1.29 is 0 Å². The van der Waals surface area contributed by atoms with Crippen LogP contribution >= 0.6 is 11.3 Å². The highest BCUT2D eigenvalue weighted by Gasteiger charge is 2.28. The molecule has 0 aromatic carbocycles. The average Bonchev–Trinajstić information content (AvgIpc) is 2.69. The van der Waals surface area contributed by atoms with Gasteiger partial charge in [-0.05, 0) is 25.9 Å². The first-order valence-corrected chi connectivity index (χ1v) is 6.65. The van der Waals surface area contributed by atoms with E-state index < -0.39 is 0 Å². The fraction of sp³-hybridized carbons (Fsp3) is 0.727. The molecule has 1 aliphatic rings. The van der Waals surface area contributed by atoms with E-state index in [1.807, 2.05) is 5.51 Å². The highest BCUT2D eigenvalue weighted by atomic mass is 32.1. The van der Waals surface area contributed by atoms with Crippen molar-refractivity contribution in [3.63, 3.8) is 0 Å². The highest BCUT2D eigenvalue weighted by Crippen LogP contribution is 2.28. The van der Waals surface area contributed by atoms with E-state index in [-0.39, 0.29) is 6.04 Å². The van der Waals surface area contributed by atoms with Gasteiger partial charge in [0.1, 0.15) is 0 Å². The van der Waals surface area contributed by atoms with Crippen molar-refractivity contribution in [2.75, 3.05) is 13.1 Å². The van der Waals surface area contributed by atoms with Gasteiger partial charge in [-0.25, -0.2) is 4.98 Å². The summed E-state index contributed by atoms with van der Waals surface area (Å²) in [6.07, 6.45) is 3.64. The summed E-state index contributed by atoms with van der Waals surface area (Å²) in [6, 6.07) is 0.582. The summed E-state index contributed by atoms with van der Waals surface area (Å²) in [7, 11) is 0. The number of thiazole rings is 1. The van der Waals surface area contributed by atoms with Crippen LogP contribution in [0.5, 0.6) is 0 Å². The zero-order chi connectivity index (χ0) is 10.7. The highest BCUT2D eigenvalue weighted by molar-refractivity contribution is 7.07. The van der Waals surface area contributed by atoms with Crippen LogP contribution in [0.15, 0.2) is 10.9 Å². The summed E-state index contributed by atoms with van der Waals surface area (Å²) < 4.78 is 0. The predicted octanol–water partition coefficient (Wildman–Crippen LogP) is 2.02. The molecule has 2 atom stereocenters. The van der Waals surface area contributed by atoms with Crippen LogP contribution in [0.3, 0.4) is 0 Å². The van der Waals surface area contributed by atoms with E-state index in [0.29, 0.717) is 6.04 Å². The molecule has 2 unspecified atom stereocenters. The van der Waals surface area contributed by atoms with Gasteiger partial charge in [0.2, 0.25) is 0 Å². The molecule has 4 heteroatoms. The van der Waals surface area contributed by atoms with Crippen molar-refractivity contribution in [2.24, 2.45) is 5.73 Å². The minimum Gasteiger partial charge on any atom is -0.326 e. The Kier molecular flexibility index (Phi) is 3.72. The summed E-state index contributed by atoms with van der Waals surface area (Å²) >= 11 is 1.66. The summed E-state index contributed by atoms with van der Waals surface area (Å²) in [5, 5.41) is 2.14. The fourth-order valence-corrected chi connectivity index (χ4v) is 2.97. The number of hydrogen-bond donors (Lipinski definition) is 1. The molecule has 0 spiro atoms. The van der Waals surface area contributed by atoms with Crippen molar-refractivity contribution in [2.45, 2.75) is 38.3 Å². The van der Waals surface area contributed by atoms with Crippen LogP contribution in [0.2, 0.25) is 0 Å². The summed E-state index contributed by atoms with van der Waals surface area (Å²) in [6.45, 7) is 4.43. The zero-order valence-corrected chi connectivity index (χ0v) is 10.0. The number of nitrogens with zero attached hydrogens (tertiary/aromatic N) is 2. The number of likely N-dealkylation sites (N-methyl/N-ethyl adjacent to an activating group) is 1. The summed E-state index contributed by atoms with van der Waals surface area (Å²) in [5.41, 5.74) is 9.33. The van der Waals surface area contributed by atoms with E-state index in [1.165, 1.54) is 12.8 Å². The van der Waals surface area contributed by atoms with E-state index in [4.69, 9.17) is 5.73 Å². The third-order valence-corrected chi connectivity index (χ3v) is 3.80. The molecule has 0 bridgehead atoms. The minimum atomic E-state index is 0.245. The molecule has 1 aliphatic heterocycles. The van der Waals surface area contributed by atoms with Crippen LogP contribution in [0.25, 0.3) is 0 Å². The first-order chi connectivity index (χ1) is 7.33. The van der Waals surface area contributed by atoms with Gasteiger partial charge >= 0.3 is 0 Å². The second-order valence-corrected chi connectivity index (χ2v) is 4.87. The van der Waals surface area contributed by atoms with E-state index in [9.17, 15) is 0 Å². The van der Waals surface area contributed by atoms with Crippen molar-refractivity contribution in [3.8, 4) is 0 Å². The van der Waals surface area contributed by atoms with Crippen LogP contribution in [0, 0.1) is 0 Å². The van der Waals surface area contributed by atoms with Crippen molar-refractivity contribution in [3.05, 3.63) is 16.6 Å². The maximum atomic E-state index is 6.26. The molecule has 2 heterocycles. The second-order valence-electron chi connectivity index (χ2n) is 4.15. The Balaban J connectivity index is 2.22. The molecule has 84 valence electrons. The Bertz CT molecular complexity index is 286. The molecule has 1 saturated heterocycles. The molecule has 3 nitrogen and oxygen atoms in total. The molecule has 0 saturated carbocycles. The molecule has 0 aliphatic carbocycles. The third-order valence-electron chi connectivity index (χ3n) is 3.19. The van der Waals surface area contributed by atoms with Gasteiger partial charge in [-0.3, -0.25) is 4.90 Å². The quantitative estimate of drug-likeness (QED) is 0.837. The summed E-state index contributed by atoms with van der Waals surface area (Å²) in [5.74, 6) is 0. The van der Waals surface area contributed by atoms with Gasteiger partial charge in [-0.1, -0.05) is 13.3 Å². The van der Waals surface area contributed by atoms with Gasteiger partial charge < -0.3 is 5.73 Å². The number of hydrogen-bond acceptors (Lipinski definition) is 4. The molecular weight excluding hydrogens is 206 g/mol. The average molecular weight is 225 g/mol. The lowest BCUT2D eigenvalue weighted by atomic mass is 10.0. The molecule has 2 rings (SSSR count). The van der Waals surface area contributed by atoms with E-state index in [2.05, 4.69) is 22.2 Å².